The largest absolute Gasteiger partial charge is 0.858 e. The Balaban J connectivity index is 1.07. The number of carbonyl (C=O) groups excluding carboxylic acids is 1. The number of amides is 1. The molecule has 0 saturated heterocycles. The number of hydrogen-bond donors (Lipinski definition) is 1. The molecule has 8 aromatic carbocycles. The third-order valence-electron chi connectivity index (χ3n) is 17.8. The van der Waals surface area contributed by atoms with Crippen molar-refractivity contribution in [3.8, 4) is 0 Å². The zero-order chi connectivity index (χ0) is 63.3. The predicted octanol–water partition coefficient (Wildman–Crippen LogP) is 17.5. The molecule has 0 saturated carbocycles. The molecule has 5 nitrogen and oxygen atoms in total. The maximum Gasteiger partial charge on any atom is 0.353 e. The van der Waals surface area contributed by atoms with Crippen LogP contribution in [0.25, 0.3) is 0 Å². The highest BCUT2D eigenvalue weighted by molar-refractivity contribution is 5.95. The van der Waals surface area contributed by atoms with Gasteiger partial charge in [0.05, 0.1) is 22.1 Å². The highest BCUT2D eigenvalue weighted by atomic mass is 16.3. The fourth-order valence-corrected chi connectivity index (χ4v) is 12.3. The smallest absolute Gasteiger partial charge is 0.353 e. The Morgan fingerprint density at radius 2 is 0.529 bits per heavy atom. The molecule has 1 amide bonds. The average molecular weight is 1150 g/mol. The maximum atomic E-state index is 14.5. The third-order valence-corrected chi connectivity index (χ3v) is 17.8. The van der Waals surface area contributed by atoms with Gasteiger partial charge in [-0.2, -0.15) is 0 Å². The zero-order valence-electron chi connectivity index (χ0n) is 55.5. The van der Waals surface area contributed by atoms with E-state index < -0.39 is 16.7 Å². The van der Waals surface area contributed by atoms with Crippen LogP contribution in [0.1, 0.15) is 218 Å². The van der Waals surface area contributed by atoms with Crippen molar-refractivity contribution in [2.24, 2.45) is 12.0 Å². The molecular formula is C82H94N3O2+. The molecule has 1 heterocycles. The van der Waals surface area contributed by atoms with Crippen LogP contribution in [0, 0.1) is 0 Å². The van der Waals surface area contributed by atoms with Crippen LogP contribution in [-0.4, -0.2) is 11.8 Å². The molecule has 2 N–H and O–H groups in total. The molecule has 0 radical (unpaired) electrons. The lowest BCUT2D eigenvalue weighted by Crippen LogP contribution is -2.82. The molecular weight excluding hydrogens is 1060 g/mol. The molecule has 1 aromatic heterocycles. The summed E-state index contributed by atoms with van der Waals surface area (Å²) in [4.78, 5) is 19.2. The Morgan fingerprint density at radius 3 is 0.770 bits per heavy atom. The van der Waals surface area contributed by atoms with Crippen LogP contribution in [0.2, 0.25) is 0 Å². The van der Waals surface area contributed by atoms with Crippen LogP contribution in [0.15, 0.2) is 218 Å². The number of nitrogens with two attached hydrogens (primary N) is 1. The number of carbonyl (C=O) groups is 1. The molecule has 0 atom stereocenters. The lowest BCUT2D eigenvalue weighted by molar-refractivity contribution is -0.672. The molecule has 9 aromatic rings. The first-order valence-corrected chi connectivity index (χ1v) is 31.1. The van der Waals surface area contributed by atoms with E-state index in [-0.39, 0.29) is 38.4 Å². The second-order valence-electron chi connectivity index (χ2n) is 30.5. The van der Waals surface area contributed by atoms with Gasteiger partial charge in [0.25, 0.3) is 0 Å². The van der Waals surface area contributed by atoms with E-state index in [1.165, 1.54) is 33.4 Å². The summed E-state index contributed by atoms with van der Waals surface area (Å²) in [5.74, 6) is -0.648. The first-order chi connectivity index (χ1) is 40.6. The monoisotopic (exact) mass is 1150 g/mol. The Labute approximate surface area is 521 Å². The SMILES string of the molecule is C[n+]1cc(C(=O)[NH2+]c2ccc(C(c3ccc(C(C)(C)C)cc3)(c3ccc(C(C)(C)C)cc3)c3ccc(C(C)(C)C)cc3)cc2)cc(C([O-])=Nc2ccc(C(c3ccc(C(C)(C)C)cc3)(c3ccc(C(C)(C)C)cc3)c3ccc(C(C)(C)C)cc3)cc2)c1. The second-order valence-corrected chi connectivity index (χ2v) is 30.5. The number of primary amides is 1. The normalized spacial score (nSPS) is 13.2. The van der Waals surface area contributed by atoms with Crippen LogP contribution in [0.5, 0.6) is 0 Å². The van der Waals surface area contributed by atoms with Crippen LogP contribution < -0.4 is 15.0 Å². The fraction of sp³-hybridized carbons (Fsp3) is 0.329. The van der Waals surface area contributed by atoms with Crippen molar-refractivity contribution in [2.75, 3.05) is 0 Å². The molecule has 0 unspecified atom stereocenters. The number of aromatic nitrogens is 1. The second kappa shape index (κ2) is 23.6. The van der Waals surface area contributed by atoms with Crippen molar-refractivity contribution in [1.82, 2.24) is 0 Å². The van der Waals surface area contributed by atoms with Gasteiger partial charge in [0.2, 0.25) is 0 Å². The number of aryl methyl sites for hydroxylation is 1. The van der Waals surface area contributed by atoms with E-state index in [0.717, 1.165) is 50.2 Å². The number of aliphatic imine (C=N–C) groups is 1. The highest BCUT2D eigenvalue weighted by Crippen LogP contribution is 2.49. The minimum absolute atomic E-state index is 0.0187. The summed E-state index contributed by atoms with van der Waals surface area (Å²) < 4.78 is 1.76. The van der Waals surface area contributed by atoms with Crippen LogP contribution in [0.3, 0.4) is 0 Å². The van der Waals surface area contributed by atoms with Crippen LogP contribution in [0.4, 0.5) is 11.4 Å². The van der Waals surface area contributed by atoms with Gasteiger partial charge in [-0.15, -0.1) is 0 Å². The Kier molecular flexibility index (Phi) is 17.2. The lowest BCUT2D eigenvalue weighted by Gasteiger charge is -2.38. The molecule has 0 spiro atoms. The number of quaternary nitrogens is 1. The maximum absolute atomic E-state index is 14.5. The van der Waals surface area contributed by atoms with Gasteiger partial charge in [-0.05, 0) is 141 Å². The summed E-state index contributed by atoms with van der Waals surface area (Å²) in [5.41, 5.74) is 17.1. The van der Waals surface area contributed by atoms with Gasteiger partial charge in [0.1, 0.15) is 18.3 Å². The standard InChI is InChI=1S/C82H93N3O2/c1-75(2,3)57-20-32-63(33-21-57)81(64-34-22-58(23-35-64)76(4,5)6,65-36-24-59(25-37-65)77(7,8)9)69-44-48-71(49-45-69)83-73(86)55-52-56(54-85(19)53-55)74(87)84-72-50-46-70(47-51-72)82(66-38-26-60(27-39-66)78(10,11)12,67-40-28-61(29-41-67)79(13,14)15)68-42-30-62(31-43-68)80(16,17)18/h20-54H,1-19H3,(H-,83,84,86,87)/p+1. The van der Waals surface area contributed by atoms with Gasteiger partial charge in [-0.1, -0.05) is 294 Å². The van der Waals surface area contributed by atoms with Crippen molar-refractivity contribution in [1.29, 1.82) is 0 Å². The highest BCUT2D eigenvalue weighted by Gasteiger charge is 2.41. The van der Waals surface area contributed by atoms with E-state index in [1.54, 1.807) is 28.3 Å². The summed E-state index contributed by atoms with van der Waals surface area (Å²) in [6.45, 7) is 40.5. The first kappa shape index (κ1) is 63.5. The summed E-state index contributed by atoms with van der Waals surface area (Å²) in [6.07, 6.45) is 3.50. The van der Waals surface area contributed by atoms with E-state index in [0.29, 0.717) is 16.8 Å². The molecule has 5 heteroatoms. The van der Waals surface area contributed by atoms with E-state index in [2.05, 4.69) is 294 Å². The van der Waals surface area contributed by atoms with Gasteiger partial charge < -0.3 is 5.11 Å². The van der Waals surface area contributed by atoms with Gasteiger partial charge in [0.15, 0.2) is 12.4 Å². The molecule has 0 aliphatic carbocycles. The van der Waals surface area contributed by atoms with Gasteiger partial charge >= 0.3 is 5.91 Å². The first-order valence-electron chi connectivity index (χ1n) is 31.1. The van der Waals surface area contributed by atoms with E-state index in [4.69, 9.17) is 4.99 Å². The van der Waals surface area contributed by atoms with Crippen LogP contribution in [-0.2, 0) is 50.4 Å². The lowest BCUT2D eigenvalue weighted by atomic mass is 9.64. The minimum Gasteiger partial charge on any atom is -0.858 e. The topological polar surface area (TPSA) is 73.0 Å². The van der Waals surface area contributed by atoms with Gasteiger partial charge in [0, 0.05) is 5.90 Å². The van der Waals surface area contributed by atoms with Crippen LogP contribution >= 0.6 is 0 Å². The Bertz CT molecular complexity index is 3600. The Hall–Kier alpha value is -7.99. The molecule has 0 aliphatic heterocycles. The number of rotatable bonds is 12. The molecule has 9 rings (SSSR count). The molecule has 0 fully saturated rings. The Morgan fingerprint density at radius 1 is 0.322 bits per heavy atom. The number of benzene rings is 8. The summed E-state index contributed by atoms with van der Waals surface area (Å²) in [7, 11) is 1.84. The van der Waals surface area contributed by atoms with E-state index in [1.807, 2.05) is 31.3 Å². The molecule has 448 valence electrons. The zero-order valence-corrected chi connectivity index (χ0v) is 55.5. The van der Waals surface area contributed by atoms with Crippen molar-refractivity contribution in [2.45, 2.75) is 168 Å². The number of nitrogens with zero attached hydrogens (tertiary/aromatic N) is 2. The summed E-state index contributed by atoms with van der Waals surface area (Å²) in [5, 5.41) is 16.0. The van der Waals surface area contributed by atoms with Gasteiger partial charge in [-0.3, -0.25) is 4.99 Å². The molecule has 0 aliphatic rings. The quantitative estimate of drug-likeness (QED) is 0.0435. The van der Waals surface area contributed by atoms with Gasteiger partial charge in [-0.25, -0.2) is 14.7 Å². The average Bonchev–Trinajstić information content (AvgIpc) is 0.801. The molecule has 0 bridgehead atoms. The van der Waals surface area contributed by atoms with E-state index in [9.17, 15) is 9.90 Å². The minimum atomic E-state index is -0.719. The fourth-order valence-electron chi connectivity index (χ4n) is 12.3. The van der Waals surface area contributed by atoms with E-state index >= 15 is 0 Å². The van der Waals surface area contributed by atoms with Crippen molar-refractivity contribution in [3.05, 3.63) is 302 Å². The summed E-state index contributed by atoms with van der Waals surface area (Å²) >= 11 is 0. The van der Waals surface area contributed by atoms with Crippen molar-refractivity contribution >= 4 is 23.2 Å². The van der Waals surface area contributed by atoms with Crippen molar-refractivity contribution < 1.29 is 19.8 Å². The number of pyridine rings is 1. The number of hydrogen-bond acceptors (Lipinski definition) is 3. The summed E-state index contributed by atoms with van der Waals surface area (Å²) in [6, 6.07) is 73.1. The molecule has 87 heavy (non-hydrogen) atoms. The third kappa shape index (κ3) is 13.3. The van der Waals surface area contributed by atoms with Crippen molar-refractivity contribution in [3.63, 3.8) is 0 Å². The predicted molar refractivity (Wildman–Crippen MR) is 361 cm³/mol.